The van der Waals surface area contributed by atoms with Crippen molar-refractivity contribution >= 4 is 17.5 Å². The third kappa shape index (κ3) is 3.16. The van der Waals surface area contributed by atoms with Gasteiger partial charge in [-0.3, -0.25) is 9.69 Å². The average molecular weight is 341 g/mol. The van der Waals surface area contributed by atoms with E-state index in [0.717, 1.165) is 22.4 Å². The van der Waals surface area contributed by atoms with E-state index >= 15 is 0 Å². The van der Waals surface area contributed by atoms with Crippen LogP contribution in [0.3, 0.4) is 0 Å². The van der Waals surface area contributed by atoms with Crippen molar-refractivity contribution in [2.24, 2.45) is 5.92 Å². The number of ketones is 1. The first-order chi connectivity index (χ1) is 11.9. The summed E-state index contributed by atoms with van der Waals surface area (Å²) in [5.41, 5.74) is 4.46. The summed E-state index contributed by atoms with van der Waals surface area (Å²) in [6.45, 7) is 8.67. The molecule has 1 aliphatic heterocycles. The van der Waals surface area contributed by atoms with Crippen molar-refractivity contribution in [3.05, 3.63) is 35.2 Å². The Bertz CT molecular complexity index is 823. The van der Waals surface area contributed by atoms with E-state index in [1.54, 1.807) is 4.90 Å². The molecule has 0 radical (unpaired) electrons. The molecule has 6 heteroatoms. The summed E-state index contributed by atoms with van der Waals surface area (Å²) in [5, 5.41) is 6.98. The Kier molecular flexibility index (Phi) is 4.61. The molecule has 0 bridgehead atoms. The third-order valence-electron chi connectivity index (χ3n) is 4.57. The second kappa shape index (κ2) is 6.70. The van der Waals surface area contributed by atoms with Crippen LogP contribution in [-0.4, -0.2) is 23.5 Å². The molecular weight excluding hydrogens is 318 g/mol. The van der Waals surface area contributed by atoms with Crippen LogP contribution in [-0.2, 0) is 17.8 Å². The number of nitrogens with zero attached hydrogens (tertiary/aromatic N) is 2. The number of amides is 2. The Morgan fingerprint density at radius 2 is 2.16 bits per heavy atom. The van der Waals surface area contributed by atoms with E-state index in [0.29, 0.717) is 24.5 Å². The molecule has 0 saturated heterocycles. The van der Waals surface area contributed by atoms with Gasteiger partial charge in [-0.05, 0) is 37.1 Å². The minimum Gasteiger partial charge on any atom is -0.361 e. The van der Waals surface area contributed by atoms with Gasteiger partial charge >= 0.3 is 6.03 Å². The highest BCUT2D eigenvalue weighted by atomic mass is 16.5. The summed E-state index contributed by atoms with van der Waals surface area (Å²) in [5.74, 6) is 0.789. The van der Waals surface area contributed by atoms with Gasteiger partial charge in [0.1, 0.15) is 11.5 Å². The molecule has 0 fully saturated rings. The maximum absolute atomic E-state index is 12.1. The van der Waals surface area contributed by atoms with Crippen molar-refractivity contribution in [3.63, 3.8) is 0 Å². The number of aromatic nitrogens is 1. The molecule has 1 N–H and O–H groups in total. The van der Waals surface area contributed by atoms with Crippen LogP contribution >= 0.6 is 0 Å². The Balaban J connectivity index is 2.00. The highest BCUT2D eigenvalue weighted by molar-refractivity contribution is 5.95. The third-order valence-corrected chi connectivity index (χ3v) is 4.57. The number of Topliss-reactive ketones (excluding diaryl/α,β-unsaturated/α-hetero) is 1. The number of hydrogen-bond donors (Lipinski definition) is 1. The Hall–Kier alpha value is -2.63. The number of benzene rings is 1. The van der Waals surface area contributed by atoms with Gasteiger partial charge in [0.05, 0.1) is 17.8 Å². The lowest BCUT2D eigenvalue weighted by molar-refractivity contribution is -0.121. The summed E-state index contributed by atoms with van der Waals surface area (Å²) in [7, 11) is 0. The standard InChI is InChI=1S/C19H23N3O3/c1-5-22-16-7-6-13(8-14(16)10-20-19(22)24)18-12(4)25-21-15(18)9-17(23)11(2)3/h6-8,11H,5,9-10H2,1-4H3,(H,20,24). The molecule has 0 atom stereocenters. The lowest BCUT2D eigenvalue weighted by Gasteiger charge is -2.29. The molecule has 2 aromatic rings. The van der Waals surface area contributed by atoms with Crippen LogP contribution in [0.2, 0.25) is 0 Å². The number of aryl methyl sites for hydroxylation is 1. The first kappa shape index (κ1) is 17.2. The molecule has 0 aliphatic carbocycles. The van der Waals surface area contributed by atoms with E-state index in [1.165, 1.54) is 0 Å². The summed E-state index contributed by atoms with van der Waals surface area (Å²) < 4.78 is 5.35. The number of carbonyl (C=O) groups excluding carboxylic acids is 2. The van der Waals surface area contributed by atoms with Crippen LogP contribution in [0, 0.1) is 12.8 Å². The molecule has 25 heavy (non-hydrogen) atoms. The van der Waals surface area contributed by atoms with E-state index in [9.17, 15) is 9.59 Å². The lowest BCUT2D eigenvalue weighted by Crippen LogP contribution is -2.43. The summed E-state index contributed by atoms with van der Waals surface area (Å²) in [6.07, 6.45) is 0.263. The summed E-state index contributed by atoms with van der Waals surface area (Å²) in [6, 6.07) is 5.88. The van der Waals surface area contributed by atoms with Gasteiger partial charge in [-0.25, -0.2) is 4.79 Å². The average Bonchev–Trinajstić information content (AvgIpc) is 2.94. The van der Waals surface area contributed by atoms with E-state index < -0.39 is 0 Å². The fourth-order valence-electron chi connectivity index (χ4n) is 3.11. The predicted molar refractivity (Wildman–Crippen MR) is 95.5 cm³/mol. The highest BCUT2D eigenvalue weighted by Gasteiger charge is 2.24. The van der Waals surface area contributed by atoms with Gasteiger partial charge in [0, 0.05) is 24.6 Å². The van der Waals surface area contributed by atoms with Crippen LogP contribution in [0.4, 0.5) is 10.5 Å². The lowest BCUT2D eigenvalue weighted by atomic mass is 9.95. The van der Waals surface area contributed by atoms with E-state index in [4.69, 9.17) is 4.52 Å². The number of carbonyl (C=O) groups is 2. The smallest absolute Gasteiger partial charge is 0.322 e. The second-order valence-electron chi connectivity index (χ2n) is 6.60. The maximum atomic E-state index is 12.1. The zero-order valence-corrected chi connectivity index (χ0v) is 15.0. The highest BCUT2D eigenvalue weighted by Crippen LogP contribution is 2.33. The van der Waals surface area contributed by atoms with Gasteiger partial charge in [-0.15, -0.1) is 0 Å². The summed E-state index contributed by atoms with van der Waals surface area (Å²) in [4.78, 5) is 25.8. The first-order valence-corrected chi connectivity index (χ1v) is 8.58. The van der Waals surface area contributed by atoms with Crippen molar-refractivity contribution in [1.29, 1.82) is 0 Å². The molecule has 1 aliphatic rings. The van der Waals surface area contributed by atoms with Crippen LogP contribution in [0.1, 0.15) is 37.8 Å². The second-order valence-corrected chi connectivity index (χ2v) is 6.60. The van der Waals surface area contributed by atoms with E-state index in [-0.39, 0.29) is 24.2 Å². The number of urea groups is 1. The van der Waals surface area contributed by atoms with Crippen molar-refractivity contribution in [2.75, 3.05) is 11.4 Å². The van der Waals surface area contributed by atoms with Gasteiger partial charge < -0.3 is 9.84 Å². The SMILES string of the molecule is CCN1C(=O)NCc2cc(-c3c(CC(=O)C(C)C)noc3C)ccc21. The van der Waals surface area contributed by atoms with Gasteiger partial charge in [0.15, 0.2) is 0 Å². The molecule has 1 aromatic heterocycles. The number of fused-ring (bicyclic) bond motifs is 1. The molecule has 2 amide bonds. The molecule has 132 valence electrons. The molecular formula is C19H23N3O3. The first-order valence-electron chi connectivity index (χ1n) is 8.58. The number of hydrogen-bond acceptors (Lipinski definition) is 4. The topological polar surface area (TPSA) is 75.4 Å². The zero-order valence-electron chi connectivity index (χ0n) is 15.0. The predicted octanol–water partition coefficient (Wildman–Crippen LogP) is 3.47. The Labute approximate surface area is 147 Å². The largest absolute Gasteiger partial charge is 0.361 e. The van der Waals surface area contributed by atoms with Crippen molar-refractivity contribution < 1.29 is 14.1 Å². The Morgan fingerprint density at radius 3 is 2.84 bits per heavy atom. The van der Waals surface area contributed by atoms with Gasteiger partial charge in [0.25, 0.3) is 0 Å². The molecule has 1 aromatic carbocycles. The van der Waals surface area contributed by atoms with Crippen LogP contribution < -0.4 is 10.2 Å². The molecule has 0 unspecified atom stereocenters. The normalized spacial score (nSPS) is 13.8. The minimum absolute atomic E-state index is 0.0401. The molecule has 2 heterocycles. The van der Waals surface area contributed by atoms with Gasteiger partial charge in [-0.2, -0.15) is 0 Å². The fraction of sp³-hybridized carbons (Fsp3) is 0.421. The molecule has 0 saturated carbocycles. The van der Waals surface area contributed by atoms with Crippen LogP contribution in [0.5, 0.6) is 0 Å². The van der Waals surface area contributed by atoms with E-state index in [1.807, 2.05) is 45.9 Å². The maximum Gasteiger partial charge on any atom is 0.322 e. The summed E-state index contributed by atoms with van der Waals surface area (Å²) >= 11 is 0. The number of anilines is 1. The number of rotatable bonds is 5. The van der Waals surface area contributed by atoms with Crippen LogP contribution in [0.15, 0.2) is 22.7 Å². The molecule has 3 rings (SSSR count). The monoisotopic (exact) mass is 341 g/mol. The minimum atomic E-state index is -0.0767. The van der Waals surface area contributed by atoms with Gasteiger partial charge in [-0.1, -0.05) is 25.1 Å². The van der Waals surface area contributed by atoms with Crippen LogP contribution in [0.25, 0.3) is 11.1 Å². The Morgan fingerprint density at radius 1 is 1.40 bits per heavy atom. The van der Waals surface area contributed by atoms with Crippen molar-refractivity contribution in [3.8, 4) is 11.1 Å². The zero-order chi connectivity index (χ0) is 18.1. The molecule has 0 spiro atoms. The number of nitrogens with one attached hydrogen (secondary N) is 1. The van der Waals surface area contributed by atoms with Crippen molar-refractivity contribution in [2.45, 2.75) is 40.7 Å². The quantitative estimate of drug-likeness (QED) is 0.903. The molecule has 6 nitrogen and oxygen atoms in total. The fourth-order valence-corrected chi connectivity index (χ4v) is 3.11. The van der Waals surface area contributed by atoms with Crippen molar-refractivity contribution in [1.82, 2.24) is 10.5 Å². The van der Waals surface area contributed by atoms with Gasteiger partial charge in [0.2, 0.25) is 0 Å². The van der Waals surface area contributed by atoms with E-state index in [2.05, 4.69) is 10.5 Å².